The third kappa shape index (κ3) is 5.70. The van der Waals surface area contributed by atoms with Crippen LogP contribution in [-0.4, -0.2) is 53.0 Å². The normalized spacial score (nSPS) is 17.3. The molecule has 0 saturated carbocycles. The number of nitrogens with one attached hydrogen (secondary N) is 1. The van der Waals surface area contributed by atoms with E-state index in [0.29, 0.717) is 0 Å². The Bertz CT molecular complexity index is 1120. The van der Waals surface area contributed by atoms with Crippen LogP contribution in [0.3, 0.4) is 0 Å². The molecule has 1 amide bonds. The summed E-state index contributed by atoms with van der Waals surface area (Å²) >= 11 is 0. The van der Waals surface area contributed by atoms with E-state index in [1.165, 1.54) is 24.8 Å². The summed E-state index contributed by atoms with van der Waals surface area (Å²) in [6.07, 6.45) is 11.4. The quantitative estimate of drug-likeness (QED) is 0.560. The van der Waals surface area contributed by atoms with Crippen LogP contribution in [0.25, 0.3) is 11.1 Å². The van der Waals surface area contributed by atoms with Crippen molar-refractivity contribution in [3.63, 3.8) is 0 Å². The van der Waals surface area contributed by atoms with Crippen LogP contribution in [0.1, 0.15) is 53.6 Å². The van der Waals surface area contributed by atoms with E-state index in [1.807, 2.05) is 43.6 Å². The number of nitrogens with zero attached hydrogens (tertiary/aromatic N) is 4. The molecule has 0 aliphatic carbocycles. The first-order chi connectivity index (χ1) is 17.2. The molecule has 6 heteroatoms. The van der Waals surface area contributed by atoms with E-state index < -0.39 is 0 Å². The number of likely N-dealkylation sites (tertiary alicyclic amines) is 1. The smallest absolute Gasteiger partial charge is 0.251 e. The largest absolute Gasteiger partial charge is 0.357 e. The highest BCUT2D eigenvalue weighted by molar-refractivity contribution is 5.97. The standard InChI is InChI=1S/C29H35N5O/c1-22-26(24-7-6-14-30-20-24)8-5-9-27(22)29(35)32-25-12-17-33(18-13-25)21-23-10-11-28(31-19-23)34-15-3-2-4-16-34/h5-11,14,19-20,25H,2-4,12-13,15-18,21H2,1H3,(H,32,35). The van der Waals surface area contributed by atoms with Gasteiger partial charge in [-0.15, -0.1) is 0 Å². The van der Waals surface area contributed by atoms with Crippen LogP contribution in [0, 0.1) is 6.92 Å². The number of benzene rings is 1. The number of hydrogen-bond acceptors (Lipinski definition) is 5. The predicted octanol–water partition coefficient (Wildman–Crippen LogP) is 4.84. The molecule has 0 bridgehead atoms. The van der Waals surface area contributed by atoms with E-state index in [2.05, 4.69) is 38.3 Å². The Morgan fingerprint density at radius 1 is 0.971 bits per heavy atom. The first-order valence-electron chi connectivity index (χ1n) is 12.9. The number of rotatable bonds is 6. The van der Waals surface area contributed by atoms with Gasteiger partial charge in [-0.2, -0.15) is 0 Å². The zero-order valence-corrected chi connectivity index (χ0v) is 20.6. The van der Waals surface area contributed by atoms with Gasteiger partial charge in [0.2, 0.25) is 0 Å². The van der Waals surface area contributed by atoms with Gasteiger partial charge in [0, 0.05) is 68.5 Å². The van der Waals surface area contributed by atoms with Crippen LogP contribution in [0.4, 0.5) is 5.82 Å². The number of anilines is 1. The van der Waals surface area contributed by atoms with Gasteiger partial charge in [-0.1, -0.05) is 24.3 Å². The van der Waals surface area contributed by atoms with Gasteiger partial charge in [0.15, 0.2) is 0 Å². The Kier molecular flexibility index (Phi) is 7.38. The van der Waals surface area contributed by atoms with Crippen molar-refractivity contribution in [2.24, 2.45) is 0 Å². The van der Waals surface area contributed by atoms with Crippen molar-refractivity contribution in [3.8, 4) is 11.1 Å². The summed E-state index contributed by atoms with van der Waals surface area (Å²) in [7, 11) is 0. The van der Waals surface area contributed by atoms with Crippen LogP contribution in [0.15, 0.2) is 61.1 Å². The van der Waals surface area contributed by atoms with E-state index in [9.17, 15) is 4.79 Å². The van der Waals surface area contributed by atoms with Crippen LogP contribution < -0.4 is 10.2 Å². The Balaban J connectivity index is 1.13. The molecule has 2 fully saturated rings. The topological polar surface area (TPSA) is 61.4 Å². The summed E-state index contributed by atoms with van der Waals surface area (Å²) in [5, 5.41) is 3.28. The van der Waals surface area contributed by atoms with Crippen molar-refractivity contribution in [3.05, 3.63) is 77.7 Å². The van der Waals surface area contributed by atoms with Gasteiger partial charge in [-0.3, -0.25) is 14.7 Å². The highest BCUT2D eigenvalue weighted by Gasteiger charge is 2.22. The molecule has 2 aliphatic heterocycles. The highest BCUT2D eigenvalue weighted by atomic mass is 16.1. The molecule has 6 nitrogen and oxygen atoms in total. The molecule has 2 aromatic heterocycles. The summed E-state index contributed by atoms with van der Waals surface area (Å²) < 4.78 is 0. The minimum atomic E-state index is 0.0178. The summed E-state index contributed by atoms with van der Waals surface area (Å²) in [4.78, 5) is 26.9. The number of aromatic nitrogens is 2. The Hall–Kier alpha value is -3.25. The molecule has 182 valence electrons. The molecule has 0 atom stereocenters. The Labute approximate surface area is 208 Å². The van der Waals surface area contributed by atoms with Crippen LogP contribution in [-0.2, 0) is 6.54 Å². The van der Waals surface area contributed by atoms with Gasteiger partial charge in [0.25, 0.3) is 5.91 Å². The molecule has 2 saturated heterocycles. The first kappa shape index (κ1) is 23.5. The van der Waals surface area contributed by atoms with Crippen molar-refractivity contribution in [2.45, 2.75) is 51.6 Å². The van der Waals surface area contributed by atoms with Crippen molar-refractivity contribution in [1.82, 2.24) is 20.2 Å². The molecule has 0 radical (unpaired) electrons. The fraction of sp³-hybridized carbons (Fsp3) is 0.414. The first-order valence-corrected chi connectivity index (χ1v) is 12.9. The van der Waals surface area contributed by atoms with Gasteiger partial charge >= 0.3 is 0 Å². The van der Waals surface area contributed by atoms with E-state index in [-0.39, 0.29) is 11.9 Å². The minimum Gasteiger partial charge on any atom is -0.357 e. The van der Waals surface area contributed by atoms with E-state index >= 15 is 0 Å². The third-order valence-corrected chi connectivity index (χ3v) is 7.37. The van der Waals surface area contributed by atoms with Crippen LogP contribution in [0.2, 0.25) is 0 Å². The molecule has 4 heterocycles. The van der Waals surface area contributed by atoms with Crippen molar-refractivity contribution in [1.29, 1.82) is 0 Å². The lowest BCUT2D eigenvalue weighted by molar-refractivity contribution is 0.0908. The Morgan fingerprint density at radius 3 is 2.51 bits per heavy atom. The molecule has 2 aliphatic rings. The van der Waals surface area contributed by atoms with Gasteiger partial charge in [0.05, 0.1) is 0 Å². The molecule has 0 unspecified atom stereocenters. The zero-order chi connectivity index (χ0) is 24.0. The molecule has 0 spiro atoms. The second kappa shape index (κ2) is 11.0. The van der Waals surface area contributed by atoms with Crippen LogP contribution in [0.5, 0.6) is 0 Å². The average Bonchev–Trinajstić information content (AvgIpc) is 2.91. The van der Waals surface area contributed by atoms with Crippen molar-refractivity contribution in [2.75, 3.05) is 31.1 Å². The van der Waals surface area contributed by atoms with Gasteiger partial charge in [-0.05, 0) is 73.9 Å². The monoisotopic (exact) mass is 469 g/mol. The number of piperidine rings is 2. The summed E-state index contributed by atoms with van der Waals surface area (Å²) in [5.41, 5.74) is 5.09. The molecular weight excluding hydrogens is 434 g/mol. The molecule has 1 N–H and O–H groups in total. The maximum atomic E-state index is 13.1. The number of hydrogen-bond donors (Lipinski definition) is 1. The predicted molar refractivity (Wildman–Crippen MR) is 140 cm³/mol. The lowest BCUT2D eigenvalue weighted by Crippen LogP contribution is -2.44. The fourth-order valence-corrected chi connectivity index (χ4v) is 5.29. The molecule has 5 rings (SSSR count). The van der Waals surface area contributed by atoms with Gasteiger partial charge in [0.1, 0.15) is 5.82 Å². The summed E-state index contributed by atoms with van der Waals surface area (Å²) in [6.45, 7) is 7.14. The maximum absolute atomic E-state index is 13.1. The highest BCUT2D eigenvalue weighted by Crippen LogP contribution is 2.25. The number of pyridine rings is 2. The summed E-state index contributed by atoms with van der Waals surface area (Å²) in [6, 6.07) is 14.5. The molecule has 35 heavy (non-hydrogen) atoms. The number of carbonyl (C=O) groups excluding carboxylic acids is 1. The number of amides is 1. The summed E-state index contributed by atoms with van der Waals surface area (Å²) in [5.74, 6) is 1.13. The second-order valence-electron chi connectivity index (χ2n) is 9.82. The molecule has 1 aromatic carbocycles. The minimum absolute atomic E-state index is 0.0178. The van der Waals surface area contributed by atoms with Gasteiger partial charge in [-0.25, -0.2) is 4.98 Å². The van der Waals surface area contributed by atoms with Crippen molar-refractivity contribution < 1.29 is 4.79 Å². The number of carbonyl (C=O) groups is 1. The lowest BCUT2D eigenvalue weighted by atomic mass is 9.96. The van der Waals surface area contributed by atoms with Gasteiger partial charge < -0.3 is 10.2 Å². The van der Waals surface area contributed by atoms with Crippen molar-refractivity contribution >= 4 is 11.7 Å². The fourth-order valence-electron chi connectivity index (χ4n) is 5.29. The zero-order valence-electron chi connectivity index (χ0n) is 20.6. The lowest BCUT2D eigenvalue weighted by Gasteiger charge is -2.32. The molecule has 3 aromatic rings. The van der Waals surface area contributed by atoms with Crippen LogP contribution >= 0.6 is 0 Å². The van der Waals surface area contributed by atoms with E-state index in [4.69, 9.17) is 4.98 Å². The second-order valence-corrected chi connectivity index (χ2v) is 9.82. The molecular formula is C29H35N5O. The maximum Gasteiger partial charge on any atom is 0.251 e. The van der Waals surface area contributed by atoms with E-state index in [1.54, 1.807) is 6.20 Å². The average molecular weight is 470 g/mol. The Morgan fingerprint density at radius 2 is 1.80 bits per heavy atom. The third-order valence-electron chi connectivity index (χ3n) is 7.37. The van der Waals surface area contributed by atoms with E-state index in [0.717, 1.165) is 73.6 Å². The SMILES string of the molecule is Cc1c(C(=O)NC2CCN(Cc3ccc(N4CCCCC4)nc3)CC2)cccc1-c1cccnc1.